The third-order valence-corrected chi connectivity index (χ3v) is 4.76. The van der Waals surface area contributed by atoms with E-state index in [0.717, 1.165) is 23.4 Å². The summed E-state index contributed by atoms with van der Waals surface area (Å²) < 4.78 is 5.35. The van der Waals surface area contributed by atoms with Gasteiger partial charge in [0.05, 0.1) is 7.11 Å². The van der Waals surface area contributed by atoms with E-state index in [9.17, 15) is 9.59 Å². The average Bonchev–Trinajstić information content (AvgIpc) is 2.67. The molecule has 2 aromatic rings. The summed E-state index contributed by atoms with van der Waals surface area (Å²) in [5.41, 5.74) is 3.85. The minimum atomic E-state index is -0.157. The van der Waals surface area contributed by atoms with Gasteiger partial charge in [-0.2, -0.15) is 0 Å². The Hall–Kier alpha value is -3.08. The van der Waals surface area contributed by atoms with E-state index in [1.165, 1.54) is 5.56 Å². The number of ketones is 1. The van der Waals surface area contributed by atoms with Gasteiger partial charge in [0.1, 0.15) is 5.75 Å². The first kappa shape index (κ1) is 19.7. The van der Waals surface area contributed by atoms with Crippen LogP contribution in [0.2, 0.25) is 0 Å². The van der Waals surface area contributed by atoms with Crippen molar-refractivity contribution in [1.82, 2.24) is 10.6 Å². The van der Waals surface area contributed by atoms with Gasteiger partial charge >= 0.3 is 0 Å². The van der Waals surface area contributed by atoms with Gasteiger partial charge < -0.3 is 15.4 Å². The van der Waals surface area contributed by atoms with Crippen LogP contribution in [0.1, 0.15) is 52.6 Å². The van der Waals surface area contributed by atoms with Gasteiger partial charge in [-0.3, -0.25) is 9.59 Å². The van der Waals surface area contributed by atoms with Crippen molar-refractivity contribution >= 4 is 17.4 Å². The van der Waals surface area contributed by atoms with Crippen molar-refractivity contribution in [2.45, 2.75) is 32.7 Å². The van der Waals surface area contributed by atoms with Gasteiger partial charge in [-0.05, 0) is 57.0 Å². The van der Waals surface area contributed by atoms with E-state index in [1.54, 1.807) is 37.5 Å². The van der Waals surface area contributed by atoms with Gasteiger partial charge in [-0.15, -0.1) is 0 Å². The van der Waals surface area contributed by atoms with Crippen LogP contribution in [0.5, 0.6) is 5.75 Å². The third kappa shape index (κ3) is 4.25. The van der Waals surface area contributed by atoms with Gasteiger partial charge in [-0.25, -0.2) is 0 Å². The summed E-state index contributed by atoms with van der Waals surface area (Å²) in [4.78, 5) is 24.7. The molecular formula is C23H26N2O3. The number of benzene rings is 2. The molecule has 5 heteroatoms. The highest BCUT2D eigenvalue weighted by Crippen LogP contribution is 2.32. The summed E-state index contributed by atoms with van der Waals surface area (Å²) in [6, 6.07) is 12.7. The van der Waals surface area contributed by atoms with Crippen LogP contribution in [0, 0.1) is 0 Å². The predicted octanol–water partition coefficient (Wildman–Crippen LogP) is 3.59. The molecule has 2 aromatic carbocycles. The average molecular weight is 378 g/mol. The zero-order valence-electron chi connectivity index (χ0n) is 16.8. The Morgan fingerprint density at radius 2 is 1.82 bits per heavy atom. The zero-order valence-corrected chi connectivity index (χ0v) is 16.8. The molecule has 0 spiro atoms. The molecule has 28 heavy (non-hydrogen) atoms. The Balaban J connectivity index is 1.92. The summed E-state index contributed by atoms with van der Waals surface area (Å²) in [7, 11) is 1.63. The van der Waals surface area contributed by atoms with Crippen LogP contribution in [0.25, 0.3) is 5.70 Å². The first-order chi connectivity index (χ1) is 13.3. The minimum absolute atomic E-state index is 0.114. The standard InChI is InChI=1S/C23H26N2O3/c1-5-24-22(27)16-8-6-15(7-9-16)21(26)13-20-19-12-18(28-4)11-10-17(19)14-23(2,3)25-20/h6-13,25H,5,14H2,1-4H3,(H,24,27). The summed E-state index contributed by atoms with van der Waals surface area (Å²) in [5, 5.41) is 6.22. The maximum atomic E-state index is 12.8. The molecular weight excluding hydrogens is 352 g/mol. The molecule has 3 rings (SSSR count). The molecule has 0 aromatic heterocycles. The fraction of sp³-hybridized carbons (Fsp3) is 0.304. The van der Waals surface area contributed by atoms with Crippen molar-refractivity contribution in [3.05, 3.63) is 70.8 Å². The number of ether oxygens (including phenoxy) is 1. The Morgan fingerprint density at radius 3 is 2.46 bits per heavy atom. The van der Waals surface area contributed by atoms with E-state index in [4.69, 9.17) is 4.74 Å². The van der Waals surface area contributed by atoms with Crippen LogP contribution in [-0.4, -0.2) is 30.9 Å². The molecule has 146 valence electrons. The molecule has 0 fully saturated rings. The van der Waals surface area contributed by atoms with Crippen molar-refractivity contribution in [3.8, 4) is 5.75 Å². The highest BCUT2D eigenvalue weighted by Gasteiger charge is 2.28. The van der Waals surface area contributed by atoms with E-state index < -0.39 is 0 Å². The molecule has 1 heterocycles. The number of nitrogens with one attached hydrogen (secondary N) is 2. The predicted molar refractivity (Wildman–Crippen MR) is 111 cm³/mol. The van der Waals surface area contributed by atoms with Crippen LogP contribution in [0.4, 0.5) is 0 Å². The largest absolute Gasteiger partial charge is 0.497 e. The molecule has 1 aliphatic heterocycles. The first-order valence-electron chi connectivity index (χ1n) is 9.43. The highest BCUT2D eigenvalue weighted by molar-refractivity contribution is 6.09. The molecule has 0 bridgehead atoms. The smallest absolute Gasteiger partial charge is 0.251 e. The van der Waals surface area contributed by atoms with Crippen LogP contribution in [-0.2, 0) is 6.42 Å². The molecule has 0 saturated heterocycles. The fourth-order valence-electron chi connectivity index (χ4n) is 3.42. The summed E-state index contributed by atoms with van der Waals surface area (Å²) >= 11 is 0. The first-order valence-corrected chi connectivity index (χ1v) is 9.43. The van der Waals surface area contributed by atoms with Crippen molar-refractivity contribution < 1.29 is 14.3 Å². The number of amides is 1. The molecule has 5 nitrogen and oxygen atoms in total. The van der Waals surface area contributed by atoms with Crippen molar-refractivity contribution in [1.29, 1.82) is 0 Å². The Kier molecular flexibility index (Phi) is 5.54. The summed E-state index contributed by atoms with van der Waals surface area (Å²) in [6.07, 6.45) is 2.49. The summed E-state index contributed by atoms with van der Waals surface area (Å²) in [5.74, 6) is 0.498. The van der Waals surface area contributed by atoms with Crippen LogP contribution in [0.3, 0.4) is 0 Å². The number of carbonyl (C=O) groups is 2. The van der Waals surface area contributed by atoms with Crippen molar-refractivity contribution in [2.75, 3.05) is 13.7 Å². The van der Waals surface area contributed by atoms with E-state index in [-0.39, 0.29) is 17.2 Å². The van der Waals surface area contributed by atoms with Gasteiger partial charge in [0.2, 0.25) is 0 Å². The van der Waals surface area contributed by atoms with Crippen LogP contribution in [0.15, 0.2) is 48.5 Å². The van der Waals surface area contributed by atoms with Gasteiger partial charge in [-0.1, -0.05) is 18.2 Å². The monoisotopic (exact) mass is 378 g/mol. The van der Waals surface area contributed by atoms with E-state index in [2.05, 4.69) is 30.5 Å². The molecule has 2 N–H and O–H groups in total. The number of hydrogen-bond donors (Lipinski definition) is 2. The number of allylic oxidation sites excluding steroid dienone is 1. The maximum Gasteiger partial charge on any atom is 0.251 e. The molecule has 0 aliphatic carbocycles. The highest BCUT2D eigenvalue weighted by atomic mass is 16.5. The van der Waals surface area contributed by atoms with E-state index in [1.807, 2.05) is 19.1 Å². The molecule has 0 atom stereocenters. The Bertz CT molecular complexity index is 927. The fourth-order valence-corrected chi connectivity index (χ4v) is 3.42. The lowest BCUT2D eigenvalue weighted by Crippen LogP contribution is -2.43. The number of carbonyl (C=O) groups excluding carboxylic acids is 2. The lowest BCUT2D eigenvalue weighted by Gasteiger charge is -2.35. The topological polar surface area (TPSA) is 67.4 Å². The Morgan fingerprint density at radius 1 is 1.14 bits per heavy atom. The number of rotatable bonds is 5. The molecule has 1 amide bonds. The number of fused-ring (bicyclic) bond motifs is 1. The molecule has 0 radical (unpaired) electrons. The second-order valence-corrected chi connectivity index (χ2v) is 7.57. The summed E-state index contributed by atoms with van der Waals surface area (Å²) in [6.45, 7) is 6.66. The second-order valence-electron chi connectivity index (χ2n) is 7.57. The molecule has 1 aliphatic rings. The third-order valence-electron chi connectivity index (χ3n) is 4.76. The molecule has 0 unspecified atom stereocenters. The number of hydrogen-bond acceptors (Lipinski definition) is 4. The maximum absolute atomic E-state index is 12.8. The normalized spacial score (nSPS) is 16.1. The van der Waals surface area contributed by atoms with Crippen LogP contribution >= 0.6 is 0 Å². The van der Waals surface area contributed by atoms with Gasteiger partial charge in [0.15, 0.2) is 5.78 Å². The van der Waals surface area contributed by atoms with E-state index in [0.29, 0.717) is 17.7 Å². The van der Waals surface area contributed by atoms with Crippen molar-refractivity contribution in [3.63, 3.8) is 0 Å². The van der Waals surface area contributed by atoms with Gasteiger partial charge in [0, 0.05) is 40.5 Å². The SMILES string of the molecule is CCNC(=O)c1ccc(C(=O)C=C2NC(C)(C)Cc3ccc(OC)cc32)cc1. The second kappa shape index (κ2) is 7.89. The van der Waals surface area contributed by atoms with Crippen molar-refractivity contribution in [2.24, 2.45) is 0 Å². The quantitative estimate of drug-likeness (QED) is 0.616. The number of methoxy groups -OCH3 is 1. The van der Waals surface area contributed by atoms with Gasteiger partial charge in [0.25, 0.3) is 5.91 Å². The zero-order chi connectivity index (χ0) is 20.3. The lowest BCUT2D eigenvalue weighted by atomic mass is 9.85. The van der Waals surface area contributed by atoms with E-state index >= 15 is 0 Å². The minimum Gasteiger partial charge on any atom is -0.497 e. The lowest BCUT2D eigenvalue weighted by molar-refractivity contribution is 0.0954. The van der Waals surface area contributed by atoms with Crippen LogP contribution < -0.4 is 15.4 Å². The Labute approximate surface area is 165 Å². The molecule has 0 saturated carbocycles.